The van der Waals surface area contributed by atoms with Gasteiger partial charge in [0.15, 0.2) is 5.82 Å². The van der Waals surface area contributed by atoms with Crippen LogP contribution in [0, 0.1) is 13.8 Å². The highest BCUT2D eigenvalue weighted by Crippen LogP contribution is 2.49. The first-order chi connectivity index (χ1) is 15.9. The van der Waals surface area contributed by atoms with Gasteiger partial charge in [-0.2, -0.15) is 0 Å². The molecule has 0 aliphatic heterocycles. The number of hydrogen-bond acceptors (Lipinski definition) is 2. The average Bonchev–Trinajstić information content (AvgIpc) is 3.05. The van der Waals surface area contributed by atoms with Crippen molar-refractivity contribution in [3.8, 4) is 33.8 Å². The van der Waals surface area contributed by atoms with Crippen LogP contribution in [0.2, 0.25) is 0 Å². The predicted molar refractivity (Wildman–Crippen MR) is 137 cm³/mol. The monoisotopic (exact) mass is 428 g/mol. The van der Waals surface area contributed by atoms with Crippen molar-refractivity contribution in [1.82, 2.24) is 9.97 Å². The maximum Gasteiger partial charge on any atom is 0.160 e. The molecule has 1 aromatic heterocycles. The second kappa shape index (κ2) is 7.25. The van der Waals surface area contributed by atoms with E-state index < -0.39 is 0 Å². The molecule has 0 spiro atoms. The fraction of sp³-hybridized carbons (Fsp3) is 0.226. The second-order valence-electron chi connectivity index (χ2n) is 9.89. The molecule has 0 amide bonds. The Bertz CT molecular complexity index is 1440. The first kappa shape index (κ1) is 20.1. The van der Waals surface area contributed by atoms with Crippen LogP contribution in [0.3, 0.4) is 0 Å². The zero-order valence-corrected chi connectivity index (χ0v) is 19.7. The minimum Gasteiger partial charge on any atom is -0.232 e. The van der Waals surface area contributed by atoms with Gasteiger partial charge in [0.05, 0.1) is 11.4 Å². The van der Waals surface area contributed by atoms with Crippen LogP contribution in [0.4, 0.5) is 0 Å². The van der Waals surface area contributed by atoms with Crippen LogP contribution in [0.15, 0.2) is 66.7 Å². The smallest absolute Gasteiger partial charge is 0.160 e. The number of allylic oxidation sites excluding steroid dienone is 1. The van der Waals surface area contributed by atoms with Gasteiger partial charge >= 0.3 is 0 Å². The molecule has 0 saturated heterocycles. The Morgan fingerprint density at radius 2 is 1.55 bits per heavy atom. The minimum atomic E-state index is -0.0334. The van der Waals surface area contributed by atoms with Crippen LogP contribution >= 0.6 is 0 Å². The first-order valence-electron chi connectivity index (χ1n) is 11.8. The lowest BCUT2D eigenvalue weighted by atomic mass is 9.82. The van der Waals surface area contributed by atoms with E-state index in [0.717, 1.165) is 35.6 Å². The zero-order valence-electron chi connectivity index (χ0n) is 19.7. The summed E-state index contributed by atoms with van der Waals surface area (Å²) in [6.07, 6.45) is 6.45. The molecule has 0 saturated carbocycles. The van der Waals surface area contributed by atoms with E-state index in [2.05, 4.69) is 101 Å². The summed E-state index contributed by atoms with van der Waals surface area (Å²) in [5.74, 6) is 0.830. The molecule has 2 aliphatic rings. The summed E-state index contributed by atoms with van der Waals surface area (Å²) in [5.41, 5.74) is 13.6. The van der Waals surface area contributed by atoms with E-state index in [1.165, 1.54) is 44.5 Å². The molecule has 33 heavy (non-hydrogen) atoms. The Balaban J connectivity index is 1.57. The summed E-state index contributed by atoms with van der Waals surface area (Å²) in [5, 5.41) is 0. The van der Waals surface area contributed by atoms with Crippen LogP contribution in [-0.4, -0.2) is 9.97 Å². The van der Waals surface area contributed by atoms with E-state index in [-0.39, 0.29) is 5.41 Å². The first-order valence-corrected chi connectivity index (χ1v) is 11.8. The average molecular weight is 429 g/mol. The van der Waals surface area contributed by atoms with Gasteiger partial charge in [-0.1, -0.05) is 80.6 Å². The lowest BCUT2D eigenvalue weighted by Crippen LogP contribution is -2.15. The Morgan fingerprint density at radius 1 is 0.788 bits per heavy atom. The predicted octanol–water partition coefficient (Wildman–Crippen LogP) is 7.69. The maximum absolute atomic E-state index is 5.21. The molecule has 2 heteroatoms. The SMILES string of the molecule is Cc1cccc(C)c1-c1nc(-c2ccc3c(c2)C(C)(C)c2ccccc2-3)nc2c1C=CCC2. The van der Waals surface area contributed by atoms with Gasteiger partial charge in [0.2, 0.25) is 0 Å². The normalized spacial score (nSPS) is 15.2. The minimum absolute atomic E-state index is 0.0334. The molecule has 162 valence electrons. The fourth-order valence-corrected chi connectivity index (χ4v) is 5.65. The molecule has 0 fully saturated rings. The number of nitrogens with zero attached hydrogens (tertiary/aromatic N) is 2. The van der Waals surface area contributed by atoms with Crippen LogP contribution < -0.4 is 0 Å². The molecular formula is C31H28N2. The molecule has 2 aliphatic carbocycles. The lowest BCUT2D eigenvalue weighted by molar-refractivity contribution is 0.660. The van der Waals surface area contributed by atoms with E-state index in [9.17, 15) is 0 Å². The van der Waals surface area contributed by atoms with Gasteiger partial charge in [-0.25, -0.2) is 9.97 Å². The van der Waals surface area contributed by atoms with Gasteiger partial charge in [0.25, 0.3) is 0 Å². The van der Waals surface area contributed by atoms with Crippen molar-refractivity contribution in [2.24, 2.45) is 0 Å². The van der Waals surface area contributed by atoms with Crippen LogP contribution in [-0.2, 0) is 11.8 Å². The molecule has 2 nitrogen and oxygen atoms in total. The highest BCUT2D eigenvalue weighted by Gasteiger charge is 2.35. The summed E-state index contributed by atoms with van der Waals surface area (Å²) in [6.45, 7) is 9.00. The van der Waals surface area contributed by atoms with Crippen molar-refractivity contribution in [2.45, 2.75) is 46.0 Å². The van der Waals surface area contributed by atoms with Gasteiger partial charge in [-0.05, 0) is 66.1 Å². The zero-order chi connectivity index (χ0) is 22.7. The van der Waals surface area contributed by atoms with Crippen molar-refractivity contribution >= 4 is 6.08 Å². The maximum atomic E-state index is 5.21. The number of benzene rings is 3. The highest BCUT2D eigenvalue weighted by molar-refractivity contribution is 5.84. The fourth-order valence-electron chi connectivity index (χ4n) is 5.65. The molecule has 4 aromatic rings. The number of rotatable bonds is 2. The third kappa shape index (κ3) is 3.01. The van der Waals surface area contributed by atoms with Crippen molar-refractivity contribution in [2.75, 3.05) is 0 Å². The molecular weight excluding hydrogens is 400 g/mol. The van der Waals surface area contributed by atoms with E-state index >= 15 is 0 Å². The molecule has 0 bridgehead atoms. The van der Waals surface area contributed by atoms with Crippen molar-refractivity contribution < 1.29 is 0 Å². The molecule has 0 atom stereocenters. The summed E-state index contributed by atoms with van der Waals surface area (Å²) >= 11 is 0. The Hall–Kier alpha value is -3.52. The number of fused-ring (bicyclic) bond motifs is 4. The summed E-state index contributed by atoms with van der Waals surface area (Å²) in [7, 11) is 0. The molecule has 3 aromatic carbocycles. The summed E-state index contributed by atoms with van der Waals surface area (Å²) in [6, 6.07) is 22.0. The van der Waals surface area contributed by atoms with Crippen molar-refractivity contribution in [1.29, 1.82) is 0 Å². The van der Waals surface area contributed by atoms with E-state index in [4.69, 9.17) is 9.97 Å². The van der Waals surface area contributed by atoms with Gasteiger partial charge in [0.1, 0.15) is 0 Å². The highest BCUT2D eigenvalue weighted by atomic mass is 14.9. The van der Waals surface area contributed by atoms with Gasteiger partial charge in [-0.15, -0.1) is 0 Å². The van der Waals surface area contributed by atoms with Gasteiger partial charge in [-0.3, -0.25) is 0 Å². The molecule has 0 unspecified atom stereocenters. The molecule has 0 N–H and O–H groups in total. The van der Waals surface area contributed by atoms with Gasteiger partial charge < -0.3 is 0 Å². The standard InChI is InChI=1S/C31H28N2/c1-19-10-9-11-20(2)28(19)29-24-13-6-8-15-27(24)32-30(33-29)21-16-17-23-22-12-5-7-14-25(22)31(3,4)26(23)18-21/h5-7,9-14,16-18H,8,15H2,1-4H3. The summed E-state index contributed by atoms with van der Waals surface area (Å²) < 4.78 is 0. The number of aryl methyl sites for hydroxylation is 3. The number of aromatic nitrogens is 2. The van der Waals surface area contributed by atoms with Gasteiger partial charge in [0, 0.05) is 22.1 Å². The molecule has 6 rings (SSSR count). The Kier molecular flexibility index (Phi) is 4.42. The quantitative estimate of drug-likeness (QED) is 0.327. The van der Waals surface area contributed by atoms with Crippen LogP contribution in [0.25, 0.3) is 39.8 Å². The van der Waals surface area contributed by atoms with Crippen LogP contribution in [0.1, 0.15) is 53.8 Å². The Morgan fingerprint density at radius 3 is 2.36 bits per heavy atom. The number of hydrogen-bond donors (Lipinski definition) is 0. The third-order valence-electron chi connectivity index (χ3n) is 7.42. The largest absolute Gasteiger partial charge is 0.232 e. The molecule has 0 radical (unpaired) electrons. The van der Waals surface area contributed by atoms with E-state index in [1.54, 1.807) is 0 Å². The topological polar surface area (TPSA) is 25.8 Å². The van der Waals surface area contributed by atoms with Crippen LogP contribution in [0.5, 0.6) is 0 Å². The van der Waals surface area contributed by atoms with E-state index in [0.29, 0.717) is 0 Å². The van der Waals surface area contributed by atoms with E-state index in [1.807, 2.05) is 0 Å². The van der Waals surface area contributed by atoms with Crippen molar-refractivity contribution in [3.63, 3.8) is 0 Å². The third-order valence-corrected chi connectivity index (χ3v) is 7.42. The second-order valence-corrected chi connectivity index (χ2v) is 9.89. The Labute approximate surface area is 196 Å². The van der Waals surface area contributed by atoms with Crippen molar-refractivity contribution in [3.05, 3.63) is 100 Å². The lowest BCUT2D eigenvalue weighted by Gasteiger charge is -2.22. The molecule has 1 heterocycles. The summed E-state index contributed by atoms with van der Waals surface area (Å²) in [4.78, 5) is 10.3.